The van der Waals surface area contributed by atoms with Gasteiger partial charge in [0.1, 0.15) is 5.82 Å². The summed E-state index contributed by atoms with van der Waals surface area (Å²) in [5.41, 5.74) is 1.89. The van der Waals surface area contributed by atoms with Gasteiger partial charge in [-0.3, -0.25) is 9.59 Å². The molecule has 6 nitrogen and oxygen atoms in total. The molecule has 2 atom stereocenters. The molecule has 0 spiro atoms. The van der Waals surface area contributed by atoms with Crippen molar-refractivity contribution < 1.29 is 9.59 Å². The smallest absolute Gasteiger partial charge is 0.246 e. The lowest BCUT2D eigenvalue weighted by atomic mass is 10.0. The molecule has 0 bridgehead atoms. The van der Waals surface area contributed by atoms with Gasteiger partial charge >= 0.3 is 0 Å². The van der Waals surface area contributed by atoms with Gasteiger partial charge in [0.25, 0.3) is 0 Å². The third-order valence-corrected chi connectivity index (χ3v) is 5.27. The number of amides is 2. The van der Waals surface area contributed by atoms with Crippen LogP contribution in [-0.4, -0.2) is 52.8 Å². The number of nitrogens with zero attached hydrogens (tertiary/aromatic N) is 3. The Bertz CT molecular complexity index is 781. The molecule has 3 aliphatic rings. The number of nitrogens with one attached hydrogen (secondary N) is 1. The van der Waals surface area contributed by atoms with E-state index in [2.05, 4.69) is 16.3 Å². The van der Waals surface area contributed by atoms with Crippen LogP contribution in [0.3, 0.4) is 0 Å². The number of pyridine rings is 1. The van der Waals surface area contributed by atoms with Crippen molar-refractivity contribution >= 4 is 23.7 Å². The second-order valence-corrected chi connectivity index (χ2v) is 6.96. The lowest BCUT2D eigenvalue weighted by Gasteiger charge is -2.18. The summed E-state index contributed by atoms with van der Waals surface area (Å²) in [6, 6.07) is 4.67. The summed E-state index contributed by atoms with van der Waals surface area (Å²) in [5.74, 6) is 1.64. The molecule has 4 rings (SSSR count). The Balaban J connectivity index is 1.39. The van der Waals surface area contributed by atoms with Gasteiger partial charge in [0.15, 0.2) is 0 Å². The fraction of sp³-hybridized carbons (Fsp3) is 0.421. The summed E-state index contributed by atoms with van der Waals surface area (Å²) in [6.07, 6.45) is 11.7. The SMILES string of the molecule is C#CN1C[C@@H]2CN(C(=O)C=Cc3cnc4c(c3)CCC(=O)N4)C[C@@H]2C1. The predicted octanol–water partition coefficient (Wildman–Crippen LogP) is 0.960. The number of likely N-dealkylation sites (tertiary alicyclic amines) is 2. The Morgan fingerprint density at radius 3 is 2.76 bits per heavy atom. The van der Waals surface area contributed by atoms with E-state index >= 15 is 0 Å². The van der Waals surface area contributed by atoms with Crippen molar-refractivity contribution in [3.63, 3.8) is 0 Å². The summed E-state index contributed by atoms with van der Waals surface area (Å²) in [4.78, 5) is 32.0. The first-order chi connectivity index (χ1) is 12.1. The van der Waals surface area contributed by atoms with Crippen LogP contribution in [0.2, 0.25) is 0 Å². The normalized spacial score (nSPS) is 24.8. The van der Waals surface area contributed by atoms with Crippen molar-refractivity contribution in [3.8, 4) is 12.5 Å². The summed E-state index contributed by atoms with van der Waals surface area (Å²) >= 11 is 0. The number of hydrogen-bond acceptors (Lipinski definition) is 4. The molecule has 0 aliphatic carbocycles. The minimum atomic E-state index is 0.00135. The number of hydrogen-bond donors (Lipinski definition) is 1. The number of rotatable bonds is 2. The fourth-order valence-corrected chi connectivity index (χ4v) is 3.92. The van der Waals surface area contributed by atoms with Crippen molar-refractivity contribution in [2.45, 2.75) is 12.8 Å². The van der Waals surface area contributed by atoms with E-state index in [1.54, 1.807) is 18.3 Å². The molecule has 128 valence electrons. The van der Waals surface area contributed by atoms with Gasteiger partial charge in [-0.05, 0) is 29.7 Å². The highest BCUT2D eigenvalue weighted by Gasteiger charge is 2.40. The molecule has 0 saturated carbocycles. The number of carbonyl (C=O) groups excluding carboxylic acids is 2. The first kappa shape index (κ1) is 15.7. The first-order valence-corrected chi connectivity index (χ1v) is 8.59. The van der Waals surface area contributed by atoms with Crippen LogP contribution in [0.1, 0.15) is 17.5 Å². The summed E-state index contributed by atoms with van der Waals surface area (Å²) in [6.45, 7) is 3.32. The molecule has 0 aromatic carbocycles. The first-order valence-electron chi connectivity index (χ1n) is 8.59. The van der Waals surface area contributed by atoms with Crippen LogP contribution in [0.15, 0.2) is 18.3 Å². The van der Waals surface area contributed by atoms with Crippen LogP contribution in [0.4, 0.5) is 5.82 Å². The Labute approximate surface area is 146 Å². The highest BCUT2D eigenvalue weighted by atomic mass is 16.2. The Kier molecular flexibility index (Phi) is 3.92. The van der Waals surface area contributed by atoms with Crippen molar-refractivity contribution in [3.05, 3.63) is 29.5 Å². The van der Waals surface area contributed by atoms with Crippen LogP contribution in [0.5, 0.6) is 0 Å². The summed E-state index contributed by atoms with van der Waals surface area (Å²) in [7, 11) is 0. The molecule has 25 heavy (non-hydrogen) atoms. The molecule has 1 aromatic heterocycles. The highest BCUT2D eigenvalue weighted by Crippen LogP contribution is 2.30. The molecular formula is C19H20N4O2. The lowest BCUT2D eigenvalue weighted by Crippen LogP contribution is -2.30. The minimum absolute atomic E-state index is 0.00135. The molecule has 3 aliphatic heterocycles. The summed E-state index contributed by atoms with van der Waals surface area (Å²) < 4.78 is 0. The molecule has 6 heteroatoms. The molecule has 0 unspecified atom stereocenters. The predicted molar refractivity (Wildman–Crippen MR) is 94.2 cm³/mol. The fourth-order valence-electron chi connectivity index (χ4n) is 3.92. The zero-order valence-electron chi connectivity index (χ0n) is 13.9. The van der Waals surface area contributed by atoms with Crippen LogP contribution in [-0.2, 0) is 16.0 Å². The van der Waals surface area contributed by atoms with E-state index in [0.717, 1.165) is 37.3 Å². The molecular weight excluding hydrogens is 316 g/mol. The number of aromatic nitrogens is 1. The molecule has 2 amide bonds. The number of terminal acetylenes is 1. The van der Waals surface area contributed by atoms with E-state index in [4.69, 9.17) is 6.42 Å². The van der Waals surface area contributed by atoms with E-state index in [-0.39, 0.29) is 11.8 Å². The Hall–Kier alpha value is -2.81. The number of anilines is 1. The Morgan fingerprint density at radius 1 is 1.28 bits per heavy atom. The average Bonchev–Trinajstić information content (AvgIpc) is 3.18. The standard InChI is InChI=1S/C19H20N4O2/c1-2-22-9-15-11-23(12-16(15)10-22)18(25)6-3-13-7-14-4-5-17(24)21-19(14)20-8-13/h1,3,6-8,15-16H,4-5,9-12H2,(H,20,21,24)/t15-,16+. The van der Waals surface area contributed by atoms with Gasteiger partial charge in [0, 0.05) is 62.8 Å². The van der Waals surface area contributed by atoms with Crippen molar-refractivity contribution in [1.82, 2.24) is 14.8 Å². The molecule has 2 saturated heterocycles. The van der Waals surface area contributed by atoms with Gasteiger partial charge in [0.05, 0.1) is 0 Å². The molecule has 1 N–H and O–H groups in total. The average molecular weight is 336 g/mol. The maximum Gasteiger partial charge on any atom is 0.246 e. The quantitative estimate of drug-likeness (QED) is 0.645. The van der Waals surface area contributed by atoms with Crippen LogP contribution >= 0.6 is 0 Å². The minimum Gasteiger partial charge on any atom is -0.338 e. The van der Waals surface area contributed by atoms with E-state index in [0.29, 0.717) is 30.5 Å². The number of aryl methyl sites for hydroxylation is 1. The van der Waals surface area contributed by atoms with E-state index in [9.17, 15) is 9.59 Å². The van der Waals surface area contributed by atoms with Crippen LogP contribution < -0.4 is 5.32 Å². The van der Waals surface area contributed by atoms with Gasteiger partial charge in [-0.1, -0.05) is 6.42 Å². The maximum absolute atomic E-state index is 12.4. The second kappa shape index (κ2) is 6.25. The van der Waals surface area contributed by atoms with Gasteiger partial charge < -0.3 is 15.1 Å². The highest BCUT2D eigenvalue weighted by molar-refractivity contribution is 5.94. The van der Waals surface area contributed by atoms with Gasteiger partial charge in [-0.15, -0.1) is 0 Å². The largest absolute Gasteiger partial charge is 0.338 e. The molecule has 1 aromatic rings. The molecule has 2 fully saturated rings. The lowest BCUT2D eigenvalue weighted by molar-refractivity contribution is -0.125. The summed E-state index contributed by atoms with van der Waals surface area (Å²) in [5, 5.41) is 2.76. The molecule has 0 radical (unpaired) electrons. The van der Waals surface area contributed by atoms with E-state index in [1.165, 1.54) is 0 Å². The van der Waals surface area contributed by atoms with Crippen LogP contribution in [0.25, 0.3) is 6.08 Å². The van der Waals surface area contributed by atoms with Crippen LogP contribution in [0, 0.1) is 24.3 Å². The maximum atomic E-state index is 12.4. The van der Waals surface area contributed by atoms with E-state index < -0.39 is 0 Å². The topological polar surface area (TPSA) is 65.5 Å². The van der Waals surface area contributed by atoms with Crippen molar-refractivity contribution in [2.24, 2.45) is 11.8 Å². The zero-order chi connectivity index (χ0) is 17.4. The van der Waals surface area contributed by atoms with Gasteiger partial charge in [0.2, 0.25) is 11.8 Å². The van der Waals surface area contributed by atoms with E-state index in [1.807, 2.05) is 15.9 Å². The monoisotopic (exact) mass is 336 g/mol. The Morgan fingerprint density at radius 2 is 2.04 bits per heavy atom. The molecule has 4 heterocycles. The van der Waals surface area contributed by atoms with Crippen molar-refractivity contribution in [1.29, 1.82) is 0 Å². The van der Waals surface area contributed by atoms with Gasteiger partial charge in [-0.25, -0.2) is 4.98 Å². The van der Waals surface area contributed by atoms with Gasteiger partial charge in [-0.2, -0.15) is 0 Å². The number of carbonyl (C=O) groups is 2. The zero-order valence-corrected chi connectivity index (χ0v) is 13.9. The number of fused-ring (bicyclic) bond motifs is 2. The third kappa shape index (κ3) is 3.10. The third-order valence-electron chi connectivity index (χ3n) is 5.27. The second-order valence-electron chi connectivity index (χ2n) is 6.96. The van der Waals surface area contributed by atoms with Crippen molar-refractivity contribution in [2.75, 3.05) is 31.5 Å².